The van der Waals surface area contributed by atoms with Crippen LogP contribution >= 0.6 is 0 Å². The Hall–Kier alpha value is -0.410. The van der Waals surface area contributed by atoms with E-state index in [0.29, 0.717) is 6.42 Å². The van der Waals surface area contributed by atoms with Crippen LogP contribution in [0, 0.1) is 17.3 Å². The second-order valence-corrected chi connectivity index (χ2v) is 9.88. The van der Waals surface area contributed by atoms with E-state index in [0.717, 1.165) is 35.6 Å². The summed E-state index contributed by atoms with van der Waals surface area (Å²) in [5, 5.41) is 0. The highest BCUT2D eigenvalue weighted by molar-refractivity contribution is 5.48. The highest BCUT2D eigenvalue weighted by atomic mass is 16.1. The van der Waals surface area contributed by atoms with Crippen LogP contribution in [0.5, 0.6) is 0 Å². The van der Waals surface area contributed by atoms with E-state index in [1.54, 1.807) is 12.8 Å². The van der Waals surface area contributed by atoms with Crippen LogP contribution in [0.15, 0.2) is 0 Å². The molecule has 2 saturated heterocycles. The van der Waals surface area contributed by atoms with Crippen LogP contribution in [-0.4, -0.2) is 54.3 Å². The second kappa shape index (κ2) is 9.19. The van der Waals surface area contributed by atoms with Gasteiger partial charge in [0.25, 0.3) is 0 Å². The summed E-state index contributed by atoms with van der Waals surface area (Å²) in [7, 11) is 0. The molecule has 0 atom stereocenters. The number of carbonyl (C=O) groups excluding carboxylic acids is 1. The third-order valence-electron chi connectivity index (χ3n) is 7.97. The van der Waals surface area contributed by atoms with Gasteiger partial charge in [-0.2, -0.15) is 0 Å². The lowest BCUT2D eigenvalue weighted by Crippen LogP contribution is -2.57. The maximum Gasteiger partial charge on any atom is 0.119 e. The summed E-state index contributed by atoms with van der Waals surface area (Å²) in [6, 6.07) is 1.87. The van der Waals surface area contributed by atoms with Crippen LogP contribution in [0.3, 0.4) is 0 Å². The van der Waals surface area contributed by atoms with Crippen molar-refractivity contribution in [2.75, 3.05) is 26.2 Å². The van der Waals surface area contributed by atoms with Gasteiger partial charge in [-0.25, -0.2) is 0 Å². The molecule has 4 fully saturated rings. The summed E-state index contributed by atoms with van der Waals surface area (Å²) < 4.78 is 0. The van der Waals surface area contributed by atoms with Gasteiger partial charge in [-0.15, -0.1) is 0 Å². The Bertz CT molecular complexity index is 421. The van der Waals surface area contributed by atoms with Gasteiger partial charge in [0, 0.05) is 18.5 Å². The molecule has 4 aliphatic rings. The zero-order valence-electron chi connectivity index (χ0n) is 17.6. The normalized spacial score (nSPS) is 28.3. The molecule has 0 aromatic rings. The first kappa shape index (κ1) is 20.3. The molecule has 2 saturated carbocycles. The standard InChI is InChI=1S/C20H36N2.C3H6O/c1-16(2)17-4-10-21(11-5-17)18-6-12-22(13-7-18)19-14-20(15-19)8-3-9-20;1-2-3-4/h16-19H,3-15H2,1-2H3;3H,2H2,1H3. The van der Waals surface area contributed by atoms with Crippen LogP contribution in [0.25, 0.3) is 0 Å². The quantitative estimate of drug-likeness (QED) is 0.675. The predicted octanol–water partition coefficient (Wildman–Crippen LogP) is 4.75. The van der Waals surface area contributed by atoms with E-state index in [4.69, 9.17) is 0 Å². The highest BCUT2D eigenvalue weighted by Gasteiger charge is 2.50. The van der Waals surface area contributed by atoms with Gasteiger partial charge < -0.3 is 14.6 Å². The molecule has 2 aliphatic heterocycles. The molecule has 26 heavy (non-hydrogen) atoms. The van der Waals surface area contributed by atoms with Crippen molar-refractivity contribution in [2.45, 2.75) is 97.1 Å². The molecule has 3 nitrogen and oxygen atoms in total. The predicted molar refractivity (Wildman–Crippen MR) is 109 cm³/mol. The number of hydrogen-bond donors (Lipinski definition) is 0. The summed E-state index contributed by atoms with van der Waals surface area (Å²) in [6.45, 7) is 12.1. The van der Waals surface area contributed by atoms with Gasteiger partial charge in [0.15, 0.2) is 0 Å². The minimum Gasteiger partial charge on any atom is -0.303 e. The van der Waals surface area contributed by atoms with Crippen LogP contribution in [0.4, 0.5) is 0 Å². The van der Waals surface area contributed by atoms with E-state index in [1.165, 1.54) is 71.1 Å². The van der Waals surface area contributed by atoms with Gasteiger partial charge in [-0.1, -0.05) is 27.2 Å². The van der Waals surface area contributed by atoms with Crippen LogP contribution in [0.1, 0.15) is 85.0 Å². The molecule has 0 aromatic carbocycles. The van der Waals surface area contributed by atoms with Crippen molar-refractivity contribution >= 4 is 6.29 Å². The zero-order chi connectivity index (χ0) is 18.6. The molecule has 0 amide bonds. The van der Waals surface area contributed by atoms with Crippen molar-refractivity contribution in [2.24, 2.45) is 17.3 Å². The van der Waals surface area contributed by atoms with Gasteiger partial charge in [-0.3, -0.25) is 0 Å². The van der Waals surface area contributed by atoms with E-state index >= 15 is 0 Å². The molecule has 2 aliphatic carbocycles. The fourth-order valence-corrected chi connectivity index (χ4v) is 5.85. The number of nitrogens with zero attached hydrogens (tertiary/aromatic N) is 2. The minimum absolute atomic E-state index is 0.639. The Kier molecular flexibility index (Phi) is 7.18. The fraction of sp³-hybridized carbons (Fsp3) is 0.957. The van der Waals surface area contributed by atoms with Crippen LogP contribution in [-0.2, 0) is 4.79 Å². The maximum atomic E-state index is 9.17. The number of carbonyl (C=O) groups is 1. The SMILES string of the molecule is CC(C)C1CCN(C2CCN(C3CC4(CCC4)C3)CC2)CC1.CCC=O. The summed E-state index contributed by atoms with van der Waals surface area (Å²) in [4.78, 5) is 14.9. The van der Waals surface area contributed by atoms with Crippen LogP contribution < -0.4 is 0 Å². The van der Waals surface area contributed by atoms with Gasteiger partial charge in [-0.05, 0) is 94.8 Å². The Labute approximate surface area is 161 Å². The monoisotopic (exact) mass is 362 g/mol. The first-order chi connectivity index (χ1) is 12.6. The van der Waals surface area contributed by atoms with Crippen LogP contribution in [0.2, 0.25) is 0 Å². The van der Waals surface area contributed by atoms with Gasteiger partial charge in [0.05, 0.1) is 0 Å². The minimum atomic E-state index is 0.639. The molecular formula is C23H42N2O. The largest absolute Gasteiger partial charge is 0.303 e. The average Bonchev–Trinajstić information content (AvgIpc) is 2.60. The Morgan fingerprint density at radius 2 is 1.42 bits per heavy atom. The van der Waals surface area contributed by atoms with Crippen molar-refractivity contribution in [1.29, 1.82) is 0 Å². The first-order valence-electron chi connectivity index (χ1n) is 11.5. The Balaban J connectivity index is 0.000000447. The first-order valence-corrected chi connectivity index (χ1v) is 11.5. The van der Waals surface area contributed by atoms with E-state index < -0.39 is 0 Å². The lowest BCUT2D eigenvalue weighted by Gasteiger charge is -2.58. The van der Waals surface area contributed by atoms with Crippen molar-refractivity contribution in [1.82, 2.24) is 9.80 Å². The van der Waals surface area contributed by atoms with Gasteiger partial charge >= 0.3 is 0 Å². The van der Waals surface area contributed by atoms with Crippen molar-refractivity contribution < 1.29 is 4.79 Å². The smallest absolute Gasteiger partial charge is 0.119 e. The fourth-order valence-electron chi connectivity index (χ4n) is 5.85. The van der Waals surface area contributed by atoms with E-state index in [1.807, 2.05) is 6.92 Å². The van der Waals surface area contributed by atoms with Crippen molar-refractivity contribution in [3.05, 3.63) is 0 Å². The molecule has 2 heterocycles. The van der Waals surface area contributed by atoms with Crippen molar-refractivity contribution in [3.63, 3.8) is 0 Å². The third kappa shape index (κ3) is 4.70. The second-order valence-electron chi connectivity index (χ2n) is 9.88. The molecular weight excluding hydrogens is 320 g/mol. The number of piperidine rings is 2. The van der Waals surface area contributed by atoms with Crippen molar-refractivity contribution in [3.8, 4) is 0 Å². The molecule has 0 unspecified atom stereocenters. The molecule has 0 aromatic heterocycles. The number of hydrogen-bond acceptors (Lipinski definition) is 3. The average molecular weight is 363 g/mol. The summed E-state index contributed by atoms with van der Waals surface area (Å²) >= 11 is 0. The highest BCUT2D eigenvalue weighted by Crippen LogP contribution is 2.57. The van der Waals surface area contributed by atoms with Gasteiger partial charge in [0.2, 0.25) is 0 Å². The Morgan fingerprint density at radius 3 is 1.85 bits per heavy atom. The number of likely N-dealkylation sites (tertiary alicyclic amines) is 2. The molecule has 4 rings (SSSR count). The van der Waals surface area contributed by atoms with E-state index in [2.05, 4.69) is 23.6 Å². The molecule has 150 valence electrons. The molecule has 1 spiro atoms. The lowest BCUT2D eigenvalue weighted by molar-refractivity contribution is -0.107. The third-order valence-corrected chi connectivity index (χ3v) is 7.97. The summed E-state index contributed by atoms with van der Waals surface area (Å²) in [6.07, 6.45) is 15.0. The summed E-state index contributed by atoms with van der Waals surface area (Å²) in [5.41, 5.74) is 0.847. The van der Waals surface area contributed by atoms with E-state index in [-0.39, 0.29) is 0 Å². The summed E-state index contributed by atoms with van der Waals surface area (Å²) in [5.74, 6) is 1.88. The topological polar surface area (TPSA) is 23.6 Å². The molecule has 0 N–H and O–H groups in total. The molecule has 0 radical (unpaired) electrons. The number of aldehydes is 1. The van der Waals surface area contributed by atoms with E-state index in [9.17, 15) is 4.79 Å². The zero-order valence-corrected chi connectivity index (χ0v) is 17.6. The Morgan fingerprint density at radius 1 is 0.923 bits per heavy atom. The van der Waals surface area contributed by atoms with Gasteiger partial charge in [0.1, 0.15) is 6.29 Å². The molecule has 0 bridgehead atoms. The number of rotatable bonds is 4. The maximum absolute atomic E-state index is 9.17. The lowest BCUT2D eigenvalue weighted by atomic mass is 9.53. The molecule has 3 heteroatoms.